The highest BCUT2D eigenvalue weighted by Gasteiger charge is 2.39. The normalized spacial score (nSPS) is 27.5. The van der Waals surface area contributed by atoms with Gasteiger partial charge in [0, 0.05) is 44.8 Å². The van der Waals surface area contributed by atoms with E-state index < -0.39 is 0 Å². The third-order valence-electron chi connectivity index (χ3n) is 3.42. The first-order chi connectivity index (χ1) is 7.70. The van der Waals surface area contributed by atoms with Gasteiger partial charge in [0.2, 0.25) is 5.91 Å². The van der Waals surface area contributed by atoms with Crippen molar-refractivity contribution in [1.29, 1.82) is 0 Å². The monoisotopic (exact) mass is 226 g/mol. The molecule has 4 nitrogen and oxygen atoms in total. The Morgan fingerprint density at radius 3 is 2.94 bits per heavy atom. The lowest BCUT2D eigenvalue weighted by molar-refractivity contribution is -0.128. The van der Waals surface area contributed by atoms with E-state index in [4.69, 9.17) is 4.74 Å². The van der Waals surface area contributed by atoms with E-state index in [0.717, 1.165) is 19.6 Å². The molecule has 16 heavy (non-hydrogen) atoms. The molecule has 2 atom stereocenters. The van der Waals surface area contributed by atoms with Crippen LogP contribution >= 0.6 is 0 Å². The minimum absolute atomic E-state index is 0.332. The molecule has 1 N–H and O–H groups in total. The summed E-state index contributed by atoms with van der Waals surface area (Å²) in [5.41, 5.74) is 0. The van der Waals surface area contributed by atoms with Crippen LogP contribution in [0, 0.1) is 0 Å². The number of nitrogens with zero attached hydrogens (tertiary/aromatic N) is 1. The molecule has 2 unspecified atom stereocenters. The van der Waals surface area contributed by atoms with E-state index in [1.165, 1.54) is 12.8 Å². The van der Waals surface area contributed by atoms with E-state index in [-0.39, 0.29) is 0 Å². The fourth-order valence-corrected chi connectivity index (χ4v) is 2.36. The molecule has 1 aliphatic heterocycles. The minimum atomic E-state index is 0.332. The first kappa shape index (κ1) is 11.9. The van der Waals surface area contributed by atoms with Gasteiger partial charge in [0.05, 0.1) is 0 Å². The van der Waals surface area contributed by atoms with Crippen molar-refractivity contribution < 1.29 is 9.53 Å². The van der Waals surface area contributed by atoms with E-state index >= 15 is 0 Å². The molecule has 1 aliphatic carbocycles. The molecule has 1 saturated carbocycles. The summed E-state index contributed by atoms with van der Waals surface area (Å²) in [6.45, 7) is 3.84. The molecule has 1 heterocycles. The van der Waals surface area contributed by atoms with Gasteiger partial charge < -0.3 is 15.0 Å². The van der Waals surface area contributed by atoms with Crippen molar-refractivity contribution in [2.75, 3.05) is 20.3 Å². The van der Waals surface area contributed by atoms with Crippen LogP contribution in [-0.4, -0.2) is 49.2 Å². The van der Waals surface area contributed by atoms with E-state index in [2.05, 4.69) is 17.1 Å². The molecule has 1 saturated heterocycles. The first-order valence-electron chi connectivity index (χ1n) is 6.25. The van der Waals surface area contributed by atoms with Gasteiger partial charge in [-0.2, -0.15) is 0 Å². The molecule has 2 fully saturated rings. The van der Waals surface area contributed by atoms with Gasteiger partial charge in [-0.15, -0.1) is 0 Å². The number of likely N-dealkylation sites (tertiary alicyclic amines) is 1. The lowest BCUT2D eigenvalue weighted by Crippen LogP contribution is -2.39. The second kappa shape index (κ2) is 5.15. The highest BCUT2D eigenvalue weighted by atomic mass is 16.5. The number of hydrogen-bond donors (Lipinski definition) is 1. The Balaban J connectivity index is 1.72. The smallest absolute Gasteiger partial charge is 0.224 e. The number of rotatable bonds is 6. The van der Waals surface area contributed by atoms with Crippen LogP contribution in [0.4, 0.5) is 0 Å². The van der Waals surface area contributed by atoms with Crippen molar-refractivity contribution in [3.63, 3.8) is 0 Å². The Kier molecular flexibility index (Phi) is 3.82. The average molecular weight is 226 g/mol. The zero-order valence-electron chi connectivity index (χ0n) is 10.2. The van der Waals surface area contributed by atoms with E-state index in [0.29, 0.717) is 30.5 Å². The summed E-state index contributed by atoms with van der Waals surface area (Å²) in [4.78, 5) is 13.8. The molecule has 0 aromatic heterocycles. The van der Waals surface area contributed by atoms with Crippen LogP contribution in [0.2, 0.25) is 0 Å². The van der Waals surface area contributed by atoms with Gasteiger partial charge >= 0.3 is 0 Å². The predicted octanol–water partition coefficient (Wildman–Crippen LogP) is 0.764. The van der Waals surface area contributed by atoms with Gasteiger partial charge in [0.15, 0.2) is 0 Å². The summed E-state index contributed by atoms with van der Waals surface area (Å²) < 4.78 is 5.05. The van der Waals surface area contributed by atoms with Crippen LogP contribution in [0.1, 0.15) is 32.6 Å². The molecule has 1 amide bonds. The van der Waals surface area contributed by atoms with Crippen molar-refractivity contribution in [3.8, 4) is 0 Å². The molecule has 2 rings (SSSR count). The van der Waals surface area contributed by atoms with Crippen LogP contribution in [-0.2, 0) is 9.53 Å². The Labute approximate surface area is 97.3 Å². The topological polar surface area (TPSA) is 41.6 Å². The maximum atomic E-state index is 11.7. The molecule has 0 radical (unpaired) electrons. The van der Waals surface area contributed by atoms with E-state index in [1.807, 2.05) is 0 Å². The van der Waals surface area contributed by atoms with Crippen LogP contribution < -0.4 is 5.32 Å². The van der Waals surface area contributed by atoms with Crippen LogP contribution in [0.15, 0.2) is 0 Å². The lowest BCUT2D eigenvalue weighted by Gasteiger charge is -2.19. The molecule has 2 aliphatic rings. The van der Waals surface area contributed by atoms with Crippen LogP contribution in [0.25, 0.3) is 0 Å². The molecule has 4 heteroatoms. The van der Waals surface area contributed by atoms with E-state index in [9.17, 15) is 4.79 Å². The van der Waals surface area contributed by atoms with Crippen LogP contribution in [0.5, 0.6) is 0 Å². The second-order valence-electron chi connectivity index (χ2n) is 5.03. The predicted molar refractivity (Wildman–Crippen MR) is 62.2 cm³/mol. The molecule has 92 valence electrons. The molecular weight excluding hydrogens is 204 g/mol. The summed E-state index contributed by atoms with van der Waals surface area (Å²) >= 11 is 0. The molecule has 0 aromatic carbocycles. The minimum Gasteiger partial charge on any atom is -0.385 e. The number of hydrogen-bond acceptors (Lipinski definition) is 3. The average Bonchev–Trinajstić information content (AvgIpc) is 3.01. The third kappa shape index (κ3) is 2.95. The summed E-state index contributed by atoms with van der Waals surface area (Å²) in [7, 11) is 1.72. The quantitative estimate of drug-likeness (QED) is 0.727. The summed E-state index contributed by atoms with van der Waals surface area (Å²) in [5.74, 6) is 0.332. The number of amides is 1. The maximum absolute atomic E-state index is 11.7. The maximum Gasteiger partial charge on any atom is 0.224 e. The fraction of sp³-hybridized carbons (Fsp3) is 0.917. The van der Waals surface area contributed by atoms with Crippen molar-refractivity contribution >= 4 is 5.91 Å². The van der Waals surface area contributed by atoms with Gasteiger partial charge in [0.25, 0.3) is 0 Å². The van der Waals surface area contributed by atoms with Gasteiger partial charge in [-0.25, -0.2) is 0 Å². The zero-order chi connectivity index (χ0) is 11.5. The lowest BCUT2D eigenvalue weighted by atomic mass is 10.2. The molecule has 0 spiro atoms. The number of nitrogens with one attached hydrogen (secondary N) is 1. The van der Waals surface area contributed by atoms with Gasteiger partial charge in [-0.1, -0.05) is 0 Å². The Morgan fingerprint density at radius 1 is 1.56 bits per heavy atom. The summed E-state index contributed by atoms with van der Waals surface area (Å²) in [6, 6.07) is 1.34. The Hall–Kier alpha value is -0.610. The van der Waals surface area contributed by atoms with Crippen molar-refractivity contribution in [2.24, 2.45) is 0 Å². The van der Waals surface area contributed by atoms with Crippen molar-refractivity contribution in [2.45, 2.75) is 50.7 Å². The standard InChI is InChI=1S/C12H22N2O2/c1-9(5-6-16-2)13-10-7-12(15)14(8-10)11-3-4-11/h9-11,13H,3-8H2,1-2H3. The fourth-order valence-electron chi connectivity index (χ4n) is 2.36. The van der Waals surface area contributed by atoms with Crippen molar-refractivity contribution in [1.82, 2.24) is 10.2 Å². The highest BCUT2D eigenvalue weighted by molar-refractivity contribution is 5.80. The van der Waals surface area contributed by atoms with Crippen molar-refractivity contribution in [3.05, 3.63) is 0 Å². The number of carbonyl (C=O) groups is 1. The van der Waals surface area contributed by atoms with Crippen LogP contribution in [0.3, 0.4) is 0 Å². The summed E-state index contributed by atoms with van der Waals surface area (Å²) in [6.07, 6.45) is 4.09. The van der Waals surface area contributed by atoms with Gasteiger partial charge in [0.1, 0.15) is 0 Å². The van der Waals surface area contributed by atoms with Gasteiger partial charge in [-0.05, 0) is 26.2 Å². The molecule has 0 aromatic rings. The number of ether oxygens (including phenoxy) is 1. The number of carbonyl (C=O) groups excluding carboxylic acids is 1. The van der Waals surface area contributed by atoms with Gasteiger partial charge in [-0.3, -0.25) is 4.79 Å². The Bertz CT molecular complexity index is 253. The number of methoxy groups -OCH3 is 1. The highest BCUT2D eigenvalue weighted by Crippen LogP contribution is 2.30. The Morgan fingerprint density at radius 2 is 2.31 bits per heavy atom. The third-order valence-corrected chi connectivity index (χ3v) is 3.42. The first-order valence-corrected chi connectivity index (χ1v) is 6.25. The zero-order valence-corrected chi connectivity index (χ0v) is 10.2. The molecule has 0 bridgehead atoms. The molecular formula is C12H22N2O2. The largest absolute Gasteiger partial charge is 0.385 e. The SMILES string of the molecule is COCCC(C)NC1CC(=O)N(C2CC2)C1. The second-order valence-corrected chi connectivity index (χ2v) is 5.03. The van der Waals surface area contributed by atoms with E-state index in [1.54, 1.807) is 7.11 Å². The summed E-state index contributed by atoms with van der Waals surface area (Å²) in [5, 5.41) is 3.51.